The van der Waals surface area contributed by atoms with Crippen LogP contribution in [0.15, 0.2) is 41.2 Å². The van der Waals surface area contributed by atoms with Gasteiger partial charge in [-0.15, -0.1) is 0 Å². The molecule has 1 aromatic heterocycles. The number of amides is 1. The molecule has 9 heteroatoms. The van der Waals surface area contributed by atoms with Gasteiger partial charge in [-0.05, 0) is 18.2 Å². The minimum absolute atomic E-state index is 0.0577. The summed E-state index contributed by atoms with van der Waals surface area (Å²) in [7, 11) is 1.37. The molecule has 0 aliphatic carbocycles. The molecule has 2 rings (SSSR count). The Labute approximate surface area is 128 Å². The first-order valence-corrected chi connectivity index (χ1v) is 6.40. The Balaban J connectivity index is 2.17. The average Bonchev–Trinajstić information content (AvgIpc) is 2.48. The molecule has 0 aliphatic rings. The Morgan fingerprint density at radius 1 is 1.26 bits per heavy atom. The first kappa shape index (κ1) is 16.5. The summed E-state index contributed by atoms with van der Waals surface area (Å²) in [5, 5.41) is 6.16. The molecule has 0 spiro atoms. The summed E-state index contributed by atoms with van der Waals surface area (Å²) in [4.78, 5) is 23.3. The maximum absolute atomic E-state index is 12.2. The van der Waals surface area contributed by atoms with Crippen LogP contribution in [0, 0.1) is 0 Å². The molecular formula is C14H12F3N3O3. The van der Waals surface area contributed by atoms with Gasteiger partial charge < -0.3 is 10.1 Å². The number of aromatic nitrogens is 2. The molecule has 23 heavy (non-hydrogen) atoms. The van der Waals surface area contributed by atoms with Gasteiger partial charge in [-0.25, -0.2) is 4.68 Å². The van der Waals surface area contributed by atoms with Crippen LogP contribution in [-0.4, -0.2) is 28.5 Å². The second-order valence-corrected chi connectivity index (χ2v) is 4.53. The molecule has 1 N–H and O–H groups in total. The Morgan fingerprint density at radius 3 is 2.61 bits per heavy atom. The fourth-order valence-corrected chi connectivity index (χ4v) is 1.67. The molecule has 0 saturated carbocycles. The number of halogens is 3. The van der Waals surface area contributed by atoms with Crippen LogP contribution in [0.25, 0.3) is 0 Å². The van der Waals surface area contributed by atoms with E-state index in [1.807, 2.05) is 0 Å². The SMILES string of the molecule is Cn1nc(C(=O)Nc2ccccc2OCC(F)(F)F)ccc1=O. The lowest BCUT2D eigenvalue weighted by molar-refractivity contribution is -0.153. The van der Waals surface area contributed by atoms with Gasteiger partial charge >= 0.3 is 6.18 Å². The maximum atomic E-state index is 12.2. The summed E-state index contributed by atoms with van der Waals surface area (Å²) in [6.07, 6.45) is -4.49. The number of ether oxygens (including phenoxy) is 1. The topological polar surface area (TPSA) is 73.2 Å². The van der Waals surface area contributed by atoms with Gasteiger partial charge in [-0.1, -0.05) is 12.1 Å². The highest BCUT2D eigenvalue weighted by Crippen LogP contribution is 2.26. The predicted molar refractivity (Wildman–Crippen MR) is 75.4 cm³/mol. The van der Waals surface area contributed by atoms with Crippen molar-refractivity contribution >= 4 is 11.6 Å². The number of rotatable bonds is 4. The van der Waals surface area contributed by atoms with Crippen LogP contribution in [0.2, 0.25) is 0 Å². The number of carbonyl (C=O) groups is 1. The summed E-state index contributed by atoms with van der Waals surface area (Å²) in [5.74, 6) is -0.799. The van der Waals surface area contributed by atoms with Crippen molar-refractivity contribution in [3.63, 3.8) is 0 Å². The van der Waals surface area contributed by atoms with E-state index in [1.165, 1.54) is 37.4 Å². The van der Waals surface area contributed by atoms with Crippen molar-refractivity contribution in [2.45, 2.75) is 6.18 Å². The first-order chi connectivity index (χ1) is 10.8. The van der Waals surface area contributed by atoms with Crippen LogP contribution in [-0.2, 0) is 7.05 Å². The molecule has 0 fully saturated rings. The normalized spacial score (nSPS) is 11.1. The van der Waals surface area contributed by atoms with E-state index in [0.717, 1.165) is 10.7 Å². The standard InChI is InChI=1S/C14H12F3N3O3/c1-20-12(21)7-6-10(19-20)13(22)18-9-4-2-3-5-11(9)23-8-14(15,16)17/h2-7H,8H2,1H3,(H,18,22). The second kappa shape index (κ2) is 6.51. The van der Waals surface area contributed by atoms with E-state index in [9.17, 15) is 22.8 Å². The number of aryl methyl sites for hydroxylation is 1. The zero-order valence-electron chi connectivity index (χ0n) is 11.9. The molecule has 0 aliphatic heterocycles. The average molecular weight is 327 g/mol. The van der Waals surface area contributed by atoms with Crippen molar-refractivity contribution in [3.05, 3.63) is 52.4 Å². The summed E-state index contributed by atoms with van der Waals surface area (Å²) in [6.45, 7) is -1.47. The number of hydrogen-bond acceptors (Lipinski definition) is 4. The van der Waals surface area contributed by atoms with E-state index in [2.05, 4.69) is 15.2 Å². The largest absolute Gasteiger partial charge is 0.482 e. The Bertz CT molecular complexity index is 772. The van der Waals surface area contributed by atoms with E-state index in [4.69, 9.17) is 0 Å². The lowest BCUT2D eigenvalue weighted by atomic mass is 10.2. The third kappa shape index (κ3) is 4.56. The number of hydrogen-bond donors (Lipinski definition) is 1. The van der Waals surface area contributed by atoms with E-state index in [1.54, 1.807) is 0 Å². The fourth-order valence-electron chi connectivity index (χ4n) is 1.67. The van der Waals surface area contributed by atoms with Crippen molar-refractivity contribution in [2.75, 3.05) is 11.9 Å². The van der Waals surface area contributed by atoms with Gasteiger partial charge in [0, 0.05) is 13.1 Å². The molecule has 0 radical (unpaired) electrons. The number of alkyl halides is 3. The summed E-state index contributed by atoms with van der Waals surface area (Å²) >= 11 is 0. The lowest BCUT2D eigenvalue weighted by Gasteiger charge is -2.13. The van der Waals surface area contributed by atoms with Crippen LogP contribution in [0.1, 0.15) is 10.5 Å². The van der Waals surface area contributed by atoms with Gasteiger partial charge in [0.05, 0.1) is 5.69 Å². The van der Waals surface area contributed by atoms with Gasteiger partial charge in [0.1, 0.15) is 11.4 Å². The van der Waals surface area contributed by atoms with Crippen LogP contribution in [0.4, 0.5) is 18.9 Å². The second-order valence-electron chi connectivity index (χ2n) is 4.53. The van der Waals surface area contributed by atoms with Gasteiger partial charge in [0.25, 0.3) is 11.5 Å². The van der Waals surface area contributed by atoms with Crippen LogP contribution in [0.3, 0.4) is 0 Å². The number of nitrogens with one attached hydrogen (secondary N) is 1. The van der Waals surface area contributed by atoms with Crippen molar-refractivity contribution in [3.8, 4) is 5.75 Å². The van der Waals surface area contributed by atoms with Crippen molar-refractivity contribution in [1.29, 1.82) is 0 Å². The molecule has 2 aromatic rings. The van der Waals surface area contributed by atoms with Crippen LogP contribution >= 0.6 is 0 Å². The molecule has 0 atom stereocenters. The Morgan fingerprint density at radius 2 is 1.96 bits per heavy atom. The summed E-state index contributed by atoms with van der Waals surface area (Å²) in [5.41, 5.74) is -0.384. The Kier molecular flexibility index (Phi) is 4.68. The van der Waals surface area contributed by atoms with Gasteiger partial charge in [-0.3, -0.25) is 9.59 Å². The minimum Gasteiger partial charge on any atom is -0.482 e. The monoisotopic (exact) mass is 327 g/mol. The number of benzene rings is 1. The fraction of sp³-hybridized carbons (Fsp3) is 0.214. The predicted octanol–water partition coefficient (Wildman–Crippen LogP) is 1.97. The molecule has 1 heterocycles. The zero-order chi connectivity index (χ0) is 17.0. The van der Waals surface area contributed by atoms with E-state index < -0.39 is 24.2 Å². The quantitative estimate of drug-likeness (QED) is 0.932. The number of para-hydroxylation sites is 2. The van der Waals surface area contributed by atoms with E-state index in [-0.39, 0.29) is 17.1 Å². The number of anilines is 1. The third-order valence-electron chi connectivity index (χ3n) is 2.72. The molecule has 0 unspecified atom stereocenters. The van der Waals surface area contributed by atoms with Crippen LogP contribution in [0.5, 0.6) is 5.75 Å². The highest BCUT2D eigenvalue weighted by Gasteiger charge is 2.29. The lowest BCUT2D eigenvalue weighted by Crippen LogP contribution is -2.24. The number of nitrogens with zero attached hydrogens (tertiary/aromatic N) is 2. The molecular weight excluding hydrogens is 315 g/mol. The summed E-state index contributed by atoms with van der Waals surface area (Å²) < 4.78 is 42.3. The highest BCUT2D eigenvalue weighted by atomic mass is 19.4. The first-order valence-electron chi connectivity index (χ1n) is 6.40. The van der Waals surface area contributed by atoms with Crippen molar-refractivity contribution < 1.29 is 22.7 Å². The summed E-state index contributed by atoms with van der Waals surface area (Å²) in [6, 6.07) is 8.09. The maximum Gasteiger partial charge on any atom is 0.422 e. The smallest absolute Gasteiger partial charge is 0.422 e. The van der Waals surface area contributed by atoms with Crippen molar-refractivity contribution in [2.24, 2.45) is 7.05 Å². The molecule has 6 nitrogen and oxygen atoms in total. The molecule has 0 saturated heterocycles. The molecule has 122 valence electrons. The zero-order valence-corrected chi connectivity index (χ0v) is 11.9. The molecule has 1 aromatic carbocycles. The Hall–Kier alpha value is -2.84. The van der Waals surface area contributed by atoms with E-state index >= 15 is 0 Å². The third-order valence-corrected chi connectivity index (χ3v) is 2.72. The van der Waals surface area contributed by atoms with Gasteiger partial charge in [-0.2, -0.15) is 18.3 Å². The van der Waals surface area contributed by atoms with Crippen LogP contribution < -0.4 is 15.6 Å². The number of carbonyl (C=O) groups excluding carboxylic acids is 1. The van der Waals surface area contributed by atoms with Gasteiger partial charge in [0.15, 0.2) is 6.61 Å². The highest BCUT2D eigenvalue weighted by molar-refractivity contribution is 6.03. The van der Waals surface area contributed by atoms with E-state index in [0.29, 0.717) is 0 Å². The minimum atomic E-state index is -4.49. The van der Waals surface area contributed by atoms with Gasteiger partial charge in [0.2, 0.25) is 0 Å². The van der Waals surface area contributed by atoms with Crippen molar-refractivity contribution in [1.82, 2.24) is 9.78 Å². The molecule has 1 amide bonds. The molecule has 0 bridgehead atoms.